The molecule has 1 amide bonds. The maximum Gasteiger partial charge on any atom is 0.220 e. The normalized spacial score (nSPS) is 18.2. The van der Waals surface area contributed by atoms with E-state index in [1.54, 1.807) is 0 Å². The largest absolute Gasteiger partial charge is 0.441 e. The van der Waals surface area contributed by atoms with Gasteiger partial charge in [0.25, 0.3) is 0 Å². The van der Waals surface area contributed by atoms with Crippen molar-refractivity contribution in [2.75, 3.05) is 13.2 Å². The molecule has 2 heterocycles. The van der Waals surface area contributed by atoms with Crippen molar-refractivity contribution in [3.63, 3.8) is 0 Å². The zero-order valence-corrected chi connectivity index (χ0v) is 12.2. The third-order valence-electron chi connectivity index (χ3n) is 3.75. The standard InChI is InChI=1S/C16H20N2O3/c1-11-18-14-9-12(4-6-15(14)21-11)5-7-16(19)17-10-13-3-2-8-20-13/h4,6,9,13H,2-3,5,7-8,10H2,1H3,(H,17,19). The zero-order valence-electron chi connectivity index (χ0n) is 12.2. The van der Waals surface area contributed by atoms with Crippen LogP contribution in [0.1, 0.15) is 30.7 Å². The summed E-state index contributed by atoms with van der Waals surface area (Å²) in [6.45, 7) is 3.27. The number of hydrogen-bond acceptors (Lipinski definition) is 4. The molecule has 1 atom stereocenters. The van der Waals surface area contributed by atoms with Crippen LogP contribution in [-0.2, 0) is 16.0 Å². The van der Waals surface area contributed by atoms with E-state index in [0.29, 0.717) is 25.3 Å². The second kappa shape index (κ2) is 6.26. The van der Waals surface area contributed by atoms with Crippen LogP contribution in [0.25, 0.3) is 11.1 Å². The van der Waals surface area contributed by atoms with Crippen molar-refractivity contribution in [1.29, 1.82) is 0 Å². The van der Waals surface area contributed by atoms with Gasteiger partial charge >= 0.3 is 0 Å². The first-order valence-corrected chi connectivity index (χ1v) is 7.45. The Morgan fingerprint density at radius 2 is 2.38 bits per heavy atom. The Labute approximate surface area is 123 Å². The minimum absolute atomic E-state index is 0.0712. The molecule has 0 saturated carbocycles. The molecule has 1 N–H and O–H groups in total. The summed E-state index contributed by atoms with van der Waals surface area (Å²) in [5.74, 6) is 0.735. The monoisotopic (exact) mass is 288 g/mol. The van der Waals surface area contributed by atoms with Crippen LogP contribution >= 0.6 is 0 Å². The summed E-state index contributed by atoms with van der Waals surface area (Å²) in [5.41, 5.74) is 2.74. The van der Waals surface area contributed by atoms with Gasteiger partial charge in [0.15, 0.2) is 11.5 Å². The fourth-order valence-electron chi connectivity index (χ4n) is 2.62. The van der Waals surface area contributed by atoms with Crippen LogP contribution in [0, 0.1) is 6.92 Å². The van der Waals surface area contributed by atoms with E-state index in [0.717, 1.165) is 36.1 Å². The fraction of sp³-hybridized carbons (Fsp3) is 0.500. The quantitative estimate of drug-likeness (QED) is 0.917. The molecule has 1 aliphatic rings. The molecule has 5 nitrogen and oxygen atoms in total. The number of ether oxygens (including phenoxy) is 1. The lowest BCUT2D eigenvalue weighted by molar-refractivity contribution is -0.121. The number of fused-ring (bicyclic) bond motifs is 1. The fourth-order valence-corrected chi connectivity index (χ4v) is 2.62. The van der Waals surface area contributed by atoms with E-state index >= 15 is 0 Å². The maximum atomic E-state index is 11.8. The lowest BCUT2D eigenvalue weighted by Crippen LogP contribution is -2.31. The van der Waals surface area contributed by atoms with Gasteiger partial charge in [0, 0.05) is 26.5 Å². The Morgan fingerprint density at radius 1 is 1.48 bits per heavy atom. The van der Waals surface area contributed by atoms with Crippen molar-refractivity contribution in [3.05, 3.63) is 29.7 Å². The van der Waals surface area contributed by atoms with Crippen molar-refractivity contribution < 1.29 is 13.9 Å². The maximum absolute atomic E-state index is 11.8. The highest BCUT2D eigenvalue weighted by atomic mass is 16.5. The molecular weight excluding hydrogens is 268 g/mol. The average Bonchev–Trinajstić information content (AvgIpc) is 3.10. The molecule has 1 fully saturated rings. The van der Waals surface area contributed by atoms with E-state index in [1.165, 1.54) is 0 Å². The smallest absolute Gasteiger partial charge is 0.220 e. The van der Waals surface area contributed by atoms with Crippen molar-refractivity contribution in [2.24, 2.45) is 0 Å². The highest BCUT2D eigenvalue weighted by molar-refractivity contribution is 5.77. The van der Waals surface area contributed by atoms with Crippen molar-refractivity contribution >= 4 is 17.0 Å². The van der Waals surface area contributed by atoms with Crippen LogP contribution in [0.2, 0.25) is 0 Å². The van der Waals surface area contributed by atoms with Crippen LogP contribution in [0.15, 0.2) is 22.6 Å². The minimum Gasteiger partial charge on any atom is -0.441 e. The average molecular weight is 288 g/mol. The number of carbonyl (C=O) groups is 1. The van der Waals surface area contributed by atoms with Gasteiger partial charge in [0.1, 0.15) is 5.52 Å². The predicted octanol–water partition coefficient (Wildman–Crippen LogP) is 2.36. The lowest BCUT2D eigenvalue weighted by atomic mass is 10.1. The van der Waals surface area contributed by atoms with E-state index in [2.05, 4.69) is 10.3 Å². The van der Waals surface area contributed by atoms with Crippen molar-refractivity contribution in [1.82, 2.24) is 10.3 Å². The highest BCUT2D eigenvalue weighted by Crippen LogP contribution is 2.17. The number of nitrogens with one attached hydrogen (secondary N) is 1. The van der Waals surface area contributed by atoms with Gasteiger partial charge < -0.3 is 14.5 Å². The molecule has 2 aromatic rings. The van der Waals surface area contributed by atoms with Crippen LogP contribution in [0.5, 0.6) is 0 Å². The number of hydrogen-bond donors (Lipinski definition) is 1. The molecule has 0 spiro atoms. The summed E-state index contributed by atoms with van der Waals surface area (Å²) < 4.78 is 10.9. The molecule has 1 saturated heterocycles. The van der Waals surface area contributed by atoms with E-state index in [9.17, 15) is 4.79 Å². The molecule has 21 heavy (non-hydrogen) atoms. The molecule has 0 aliphatic carbocycles. The van der Waals surface area contributed by atoms with Gasteiger partial charge in [-0.3, -0.25) is 4.79 Å². The number of aryl methyl sites for hydroxylation is 2. The number of carbonyl (C=O) groups excluding carboxylic acids is 1. The summed E-state index contributed by atoms with van der Waals surface area (Å²) in [4.78, 5) is 16.1. The SMILES string of the molecule is Cc1nc2cc(CCC(=O)NCC3CCCO3)ccc2o1. The van der Waals surface area contributed by atoms with E-state index in [4.69, 9.17) is 9.15 Å². The molecule has 112 valence electrons. The summed E-state index contributed by atoms with van der Waals surface area (Å²) in [6.07, 6.45) is 3.53. The molecule has 0 radical (unpaired) electrons. The third-order valence-corrected chi connectivity index (χ3v) is 3.75. The van der Waals surface area contributed by atoms with Crippen LogP contribution in [0.3, 0.4) is 0 Å². The van der Waals surface area contributed by atoms with E-state index in [1.807, 2.05) is 25.1 Å². The minimum atomic E-state index is 0.0712. The molecule has 5 heteroatoms. The van der Waals surface area contributed by atoms with Gasteiger partial charge in [-0.2, -0.15) is 0 Å². The Morgan fingerprint density at radius 3 is 3.19 bits per heavy atom. The second-order valence-corrected chi connectivity index (χ2v) is 5.47. The molecule has 1 unspecified atom stereocenters. The second-order valence-electron chi connectivity index (χ2n) is 5.47. The number of benzene rings is 1. The molecule has 1 aliphatic heterocycles. The number of nitrogens with zero attached hydrogens (tertiary/aromatic N) is 1. The Bertz CT molecular complexity index is 629. The number of oxazole rings is 1. The highest BCUT2D eigenvalue weighted by Gasteiger charge is 2.16. The first kappa shape index (κ1) is 14.1. The number of rotatable bonds is 5. The van der Waals surface area contributed by atoms with Gasteiger partial charge in [0.2, 0.25) is 5.91 Å². The molecular formula is C16H20N2O3. The van der Waals surface area contributed by atoms with Crippen molar-refractivity contribution in [2.45, 2.75) is 38.7 Å². The topological polar surface area (TPSA) is 64.4 Å². The molecule has 0 bridgehead atoms. The van der Waals surface area contributed by atoms with Crippen molar-refractivity contribution in [3.8, 4) is 0 Å². The summed E-state index contributed by atoms with van der Waals surface area (Å²) in [6, 6.07) is 5.88. The summed E-state index contributed by atoms with van der Waals surface area (Å²) in [7, 11) is 0. The Hall–Kier alpha value is -1.88. The van der Waals surface area contributed by atoms with Crippen LogP contribution in [0.4, 0.5) is 0 Å². The van der Waals surface area contributed by atoms with Crippen LogP contribution in [-0.4, -0.2) is 30.1 Å². The zero-order chi connectivity index (χ0) is 14.7. The van der Waals surface area contributed by atoms with E-state index < -0.39 is 0 Å². The van der Waals surface area contributed by atoms with Gasteiger partial charge in [-0.1, -0.05) is 6.07 Å². The predicted molar refractivity (Wildman–Crippen MR) is 79.1 cm³/mol. The summed E-state index contributed by atoms with van der Waals surface area (Å²) >= 11 is 0. The lowest BCUT2D eigenvalue weighted by Gasteiger charge is -2.10. The first-order chi connectivity index (χ1) is 10.2. The van der Waals surface area contributed by atoms with E-state index in [-0.39, 0.29) is 12.0 Å². The van der Waals surface area contributed by atoms with Crippen LogP contribution < -0.4 is 5.32 Å². The Kier molecular flexibility index (Phi) is 4.20. The Balaban J connectivity index is 1.49. The molecule has 1 aromatic heterocycles. The van der Waals surface area contributed by atoms with Gasteiger partial charge in [-0.15, -0.1) is 0 Å². The van der Waals surface area contributed by atoms with Gasteiger partial charge in [-0.05, 0) is 37.0 Å². The first-order valence-electron chi connectivity index (χ1n) is 7.45. The molecule has 3 rings (SSSR count). The van der Waals surface area contributed by atoms with Gasteiger partial charge in [-0.25, -0.2) is 4.98 Å². The van der Waals surface area contributed by atoms with Gasteiger partial charge in [0.05, 0.1) is 6.10 Å². The third kappa shape index (κ3) is 3.61. The molecule has 1 aromatic carbocycles. The number of amides is 1. The summed E-state index contributed by atoms with van der Waals surface area (Å²) in [5, 5.41) is 2.94. The number of aromatic nitrogens is 1.